The van der Waals surface area contributed by atoms with E-state index in [4.69, 9.17) is 10.8 Å². The van der Waals surface area contributed by atoms with E-state index in [-0.39, 0.29) is 17.9 Å². The summed E-state index contributed by atoms with van der Waals surface area (Å²) in [5.74, 6) is -1.12. The molecule has 1 saturated heterocycles. The zero-order valence-electron chi connectivity index (χ0n) is 11.1. The molecule has 7 nitrogen and oxygen atoms in total. The maximum absolute atomic E-state index is 11.9. The minimum Gasteiger partial charge on any atom is -0.480 e. The summed E-state index contributed by atoms with van der Waals surface area (Å²) < 4.78 is 0. The average Bonchev–Trinajstić information content (AvgIpc) is 2.35. The molecule has 1 unspecified atom stereocenters. The lowest BCUT2D eigenvalue weighted by atomic mass is 9.93. The average molecular weight is 271 g/mol. The molecule has 0 aromatic rings. The third-order valence-electron chi connectivity index (χ3n) is 3.40. The molecule has 0 aromatic heterocycles. The molecule has 4 N–H and O–H groups in total. The predicted octanol–water partition coefficient (Wildman–Crippen LogP) is 0.147. The highest BCUT2D eigenvalue weighted by Gasteiger charge is 2.26. The smallest absolute Gasteiger partial charge is 0.326 e. The third kappa shape index (κ3) is 4.76. The van der Waals surface area contributed by atoms with Gasteiger partial charge in [-0.25, -0.2) is 9.59 Å². The number of nitrogens with zero attached hydrogens (tertiary/aromatic N) is 1. The molecule has 1 atom stereocenters. The minimum absolute atomic E-state index is 0.225. The Morgan fingerprint density at radius 1 is 1.37 bits per heavy atom. The van der Waals surface area contributed by atoms with E-state index in [9.17, 15) is 14.4 Å². The Morgan fingerprint density at radius 3 is 2.37 bits per heavy atom. The summed E-state index contributed by atoms with van der Waals surface area (Å²) in [5, 5.41) is 11.4. The van der Waals surface area contributed by atoms with Crippen LogP contribution in [0.5, 0.6) is 0 Å². The van der Waals surface area contributed by atoms with Crippen LogP contribution in [0.15, 0.2) is 0 Å². The molecular formula is C12H21N3O4. The van der Waals surface area contributed by atoms with Crippen LogP contribution in [0.3, 0.4) is 0 Å². The number of hydrogen-bond acceptors (Lipinski definition) is 3. The van der Waals surface area contributed by atoms with E-state index in [1.807, 2.05) is 0 Å². The maximum Gasteiger partial charge on any atom is 0.326 e. The SMILES string of the molecule is CCC(NC(=O)N1CCC(CC(N)=O)CC1)C(=O)O. The largest absolute Gasteiger partial charge is 0.480 e. The first-order chi connectivity index (χ1) is 8.93. The minimum atomic E-state index is -1.03. The number of nitrogens with one attached hydrogen (secondary N) is 1. The highest BCUT2D eigenvalue weighted by Crippen LogP contribution is 2.20. The molecule has 0 aliphatic carbocycles. The Hall–Kier alpha value is -1.79. The first kappa shape index (κ1) is 15.3. The van der Waals surface area contributed by atoms with Crippen molar-refractivity contribution in [3.05, 3.63) is 0 Å². The Bertz CT molecular complexity index is 351. The number of urea groups is 1. The van der Waals surface area contributed by atoms with Gasteiger partial charge in [0.05, 0.1) is 0 Å². The molecule has 1 rings (SSSR count). The van der Waals surface area contributed by atoms with Crippen LogP contribution in [0.25, 0.3) is 0 Å². The van der Waals surface area contributed by atoms with Gasteiger partial charge in [0.1, 0.15) is 6.04 Å². The molecule has 0 radical (unpaired) electrons. The van der Waals surface area contributed by atoms with Crippen molar-refractivity contribution in [2.75, 3.05) is 13.1 Å². The van der Waals surface area contributed by atoms with Crippen molar-refractivity contribution in [2.24, 2.45) is 11.7 Å². The number of aliphatic carboxylic acids is 1. The van der Waals surface area contributed by atoms with Crippen molar-refractivity contribution in [3.8, 4) is 0 Å². The Labute approximate surface area is 112 Å². The van der Waals surface area contributed by atoms with Crippen LogP contribution in [0, 0.1) is 5.92 Å². The summed E-state index contributed by atoms with van der Waals surface area (Å²) >= 11 is 0. The molecule has 1 aliphatic rings. The molecule has 0 bridgehead atoms. The zero-order valence-corrected chi connectivity index (χ0v) is 11.1. The van der Waals surface area contributed by atoms with Crippen molar-refractivity contribution >= 4 is 17.9 Å². The first-order valence-electron chi connectivity index (χ1n) is 6.50. The first-order valence-corrected chi connectivity index (χ1v) is 6.50. The summed E-state index contributed by atoms with van der Waals surface area (Å²) in [4.78, 5) is 35.1. The number of carboxylic acids is 1. The second-order valence-corrected chi connectivity index (χ2v) is 4.85. The summed E-state index contributed by atoms with van der Waals surface area (Å²) in [7, 11) is 0. The normalized spacial score (nSPS) is 17.8. The molecular weight excluding hydrogens is 250 g/mol. The molecule has 1 aliphatic heterocycles. The lowest BCUT2D eigenvalue weighted by molar-refractivity contribution is -0.139. The van der Waals surface area contributed by atoms with Gasteiger partial charge in [-0.1, -0.05) is 6.92 Å². The molecule has 0 spiro atoms. The Morgan fingerprint density at radius 2 is 1.95 bits per heavy atom. The fraction of sp³-hybridized carbons (Fsp3) is 0.750. The standard InChI is InChI=1S/C12H21N3O4/c1-2-9(11(17)18)14-12(19)15-5-3-8(4-6-15)7-10(13)16/h8-9H,2-7H2,1H3,(H2,13,16)(H,14,19)(H,17,18). The van der Waals surface area contributed by atoms with Crippen molar-refractivity contribution in [1.82, 2.24) is 10.2 Å². The molecule has 1 fully saturated rings. The number of carbonyl (C=O) groups excluding carboxylic acids is 2. The van der Waals surface area contributed by atoms with E-state index in [1.165, 1.54) is 0 Å². The van der Waals surface area contributed by atoms with Gasteiger partial charge in [-0.15, -0.1) is 0 Å². The van der Waals surface area contributed by atoms with Crippen molar-refractivity contribution in [1.29, 1.82) is 0 Å². The molecule has 0 aromatic carbocycles. The van der Waals surface area contributed by atoms with Crippen LogP contribution in [0.4, 0.5) is 4.79 Å². The van der Waals surface area contributed by atoms with Crippen LogP contribution in [-0.2, 0) is 9.59 Å². The fourth-order valence-electron chi connectivity index (χ4n) is 2.20. The molecule has 7 heteroatoms. The van der Waals surface area contributed by atoms with Gasteiger partial charge in [0.25, 0.3) is 0 Å². The topological polar surface area (TPSA) is 113 Å². The molecule has 1 heterocycles. The number of rotatable bonds is 5. The molecule has 19 heavy (non-hydrogen) atoms. The van der Waals surface area contributed by atoms with Gasteiger partial charge in [-0.05, 0) is 25.2 Å². The zero-order chi connectivity index (χ0) is 14.4. The van der Waals surface area contributed by atoms with E-state index in [1.54, 1.807) is 11.8 Å². The van der Waals surface area contributed by atoms with Crippen LogP contribution in [-0.4, -0.2) is 47.0 Å². The summed E-state index contributed by atoms with van der Waals surface area (Å²) in [6.07, 6.45) is 2.14. The number of hydrogen-bond donors (Lipinski definition) is 3. The second kappa shape index (κ2) is 6.96. The van der Waals surface area contributed by atoms with Gasteiger partial charge >= 0.3 is 12.0 Å². The van der Waals surface area contributed by atoms with E-state index in [0.29, 0.717) is 25.9 Å². The monoisotopic (exact) mass is 271 g/mol. The van der Waals surface area contributed by atoms with Crippen LogP contribution >= 0.6 is 0 Å². The number of likely N-dealkylation sites (tertiary alicyclic amines) is 1. The quantitative estimate of drug-likeness (QED) is 0.660. The van der Waals surface area contributed by atoms with Gasteiger partial charge in [0, 0.05) is 19.5 Å². The lowest BCUT2D eigenvalue weighted by Gasteiger charge is -2.32. The van der Waals surface area contributed by atoms with Crippen molar-refractivity contribution in [3.63, 3.8) is 0 Å². The number of carbonyl (C=O) groups is 3. The number of carboxylic acid groups (broad SMARTS) is 1. The lowest BCUT2D eigenvalue weighted by Crippen LogP contribution is -2.50. The van der Waals surface area contributed by atoms with E-state index < -0.39 is 12.0 Å². The third-order valence-corrected chi connectivity index (χ3v) is 3.40. The summed E-state index contributed by atoms with van der Waals surface area (Å²) in [5.41, 5.74) is 5.14. The Balaban J connectivity index is 2.40. The molecule has 108 valence electrons. The highest BCUT2D eigenvalue weighted by atomic mass is 16.4. The number of nitrogens with two attached hydrogens (primary N) is 1. The van der Waals surface area contributed by atoms with Crippen LogP contribution < -0.4 is 11.1 Å². The van der Waals surface area contributed by atoms with Crippen LogP contribution in [0.1, 0.15) is 32.6 Å². The molecule has 0 saturated carbocycles. The Kier molecular flexibility index (Phi) is 5.59. The fourth-order valence-corrected chi connectivity index (χ4v) is 2.20. The van der Waals surface area contributed by atoms with Gasteiger partial charge < -0.3 is 21.1 Å². The highest BCUT2D eigenvalue weighted by molar-refractivity contribution is 5.82. The summed E-state index contributed by atoms with van der Waals surface area (Å²) in [6, 6.07) is -1.21. The van der Waals surface area contributed by atoms with Gasteiger partial charge in [-0.2, -0.15) is 0 Å². The van der Waals surface area contributed by atoms with Gasteiger partial charge in [-0.3, -0.25) is 4.79 Å². The predicted molar refractivity (Wildman–Crippen MR) is 68.4 cm³/mol. The number of piperidine rings is 1. The van der Waals surface area contributed by atoms with E-state index >= 15 is 0 Å². The van der Waals surface area contributed by atoms with E-state index in [2.05, 4.69) is 5.32 Å². The summed E-state index contributed by atoms with van der Waals surface area (Å²) in [6.45, 7) is 2.76. The van der Waals surface area contributed by atoms with Gasteiger partial charge in [0.2, 0.25) is 5.91 Å². The van der Waals surface area contributed by atoms with Crippen molar-refractivity contribution in [2.45, 2.75) is 38.6 Å². The van der Waals surface area contributed by atoms with Gasteiger partial charge in [0.15, 0.2) is 0 Å². The molecule has 3 amide bonds. The number of amides is 3. The van der Waals surface area contributed by atoms with Crippen LogP contribution in [0.2, 0.25) is 0 Å². The maximum atomic E-state index is 11.9. The van der Waals surface area contributed by atoms with Crippen molar-refractivity contribution < 1.29 is 19.5 Å². The van der Waals surface area contributed by atoms with E-state index in [0.717, 1.165) is 12.8 Å². The second-order valence-electron chi connectivity index (χ2n) is 4.85. The number of primary amides is 1.